The van der Waals surface area contributed by atoms with Crippen LogP contribution in [0, 0.1) is 5.82 Å². The Morgan fingerprint density at radius 2 is 1.86 bits per heavy atom. The second-order valence-corrected chi connectivity index (χ2v) is 6.20. The molecule has 3 rings (SSSR count). The Morgan fingerprint density at radius 3 is 2.62 bits per heavy atom. The van der Waals surface area contributed by atoms with Gasteiger partial charge in [0.05, 0.1) is 4.90 Å². The van der Waals surface area contributed by atoms with Gasteiger partial charge in [0.2, 0.25) is 16.8 Å². The van der Waals surface area contributed by atoms with E-state index in [1.54, 1.807) is 18.2 Å². The van der Waals surface area contributed by atoms with Gasteiger partial charge in [0.1, 0.15) is 5.82 Å². The predicted octanol–water partition coefficient (Wildman–Crippen LogP) is 2.03. The molecular formula is C14H12FNO4S. The van der Waals surface area contributed by atoms with Gasteiger partial charge in [-0.15, -0.1) is 0 Å². The molecule has 2 aromatic rings. The number of hydrogen-bond donors (Lipinski definition) is 1. The number of fused-ring (bicyclic) bond motifs is 1. The molecule has 0 bridgehead atoms. The molecule has 0 saturated heterocycles. The smallest absolute Gasteiger partial charge is 0.240 e. The topological polar surface area (TPSA) is 64.6 Å². The Bertz CT molecular complexity index is 759. The average molecular weight is 309 g/mol. The van der Waals surface area contributed by atoms with Crippen LogP contribution in [0.25, 0.3) is 0 Å². The van der Waals surface area contributed by atoms with Crippen molar-refractivity contribution in [2.45, 2.75) is 11.4 Å². The van der Waals surface area contributed by atoms with Gasteiger partial charge in [0, 0.05) is 12.1 Å². The van der Waals surface area contributed by atoms with Crippen molar-refractivity contribution in [3.8, 4) is 11.5 Å². The lowest BCUT2D eigenvalue weighted by Gasteiger charge is -2.08. The Balaban J connectivity index is 1.78. The van der Waals surface area contributed by atoms with Gasteiger partial charge in [-0.1, -0.05) is 12.1 Å². The highest BCUT2D eigenvalue weighted by Gasteiger charge is 2.19. The zero-order valence-electron chi connectivity index (χ0n) is 10.9. The van der Waals surface area contributed by atoms with E-state index in [2.05, 4.69) is 4.72 Å². The monoisotopic (exact) mass is 309 g/mol. The molecule has 5 nitrogen and oxygen atoms in total. The summed E-state index contributed by atoms with van der Waals surface area (Å²) in [5, 5.41) is 0. The van der Waals surface area contributed by atoms with Crippen LogP contribution in [0.4, 0.5) is 4.39 Å². The van der Waals surface area contributed by atoms with Gasteiger partial charge in [0.15, 0.2) is 11.5 Å². The van der Waals surface area contributed by atoms with Crippen molar-refractivity contribution in [3.05, 3.63) is 53.8 Å². The molecule has 0 spiro atoms. The van der Waals surface area contributed by atoms with Crippen molar-refractivity contribution in [2.24, 2.45) is 0 Å². The predicted molar refractivity (Wildman–Crippen MR) is 73.0 cm³/mol. The number of nitrogens with one attached hydrogen (secondary N) is 1. The highest BCUT2D eigenvalue weighted by molar-refractivity contribution is 7.89. The fourth-order valence-corrected chi connectivity index (χ4v) is 3.01. The van der Waals surface area contributed by atoms with E-state index in [-0.39, 0.29) is 18.2 Å². The van der Waals surface area contributed by atoms with Crippen LogP contribution in [0.15, 0.2) is 47.4 Å². The van der Waals surface area contributed by atoms with Gasteiger partial charge >= 0.3 is 0 Å². The molecule has 1 aliphatic rings. The first kappa shape index (κ1) is 13.8. The van der Waals surface area contributed by atoms with Gasteiger partial charge in [-0.2, -0.15) is 0 Å². The van der Waals surface area contributed by atoms with Crippen molar-refractivity contribution in [1.82, 2.24) is 4.72 Å². The molecule has 0 aliphatic carbocycles. The number of benzene rings is 2. The molecule has 2 aromatic carbocycles. The minimum absolute atomic E-state index is 0.00800. The summed E-state index contributed by atoms with van der Waals surface area (Å²) in [5.74, 6) is 0.646. The maximum atomic E-state index is 12.8. The number of sulfonamides is 1. The van der Waals surface area contributed by atoms with E-state index >= 15 is 0 Å². The van der Waals surface area contributed by atoms with Crippen LogP contribution in [0.1, 0.15) is 5.56 Å². The summed E-state index contributed by atoms with van der Waals surface area (Å²) in [5.41, 5.74) is 0.677. The van der Waals surface area contributed by atoms with Crippen molar-refractivity contribution in [3.63, 3.8) is 0 Å². The summed E-state index contributed by atoms with van der Waals surface area (Å²) in [6, 6.07) is 9.90. The molecule has 0 aromatic heterocycles. The van der Waals surface area contributed by atoms with Gasteiger partial charge in [-0.25, -0.2) is 17.5 Å². The van der Waals surface area contributed by atoms with E-state index in [1.165, 1.54) is 12.1 Å². The van der Waals surface area contributed by atoms with Crippen LogP contribution < -0.4 is 14.2 Å². The van der Waals surface area contributed by atoms with Crippen LogP contribution >= 0.6 is 0 Å². The highest BCUT2D eigenvalue weighted by Crippen LogP contribution is 2.35. The zero-order chi connectivity index (χ0) is 14.9. The number of hydrogen-bond acceptors (Lipinski definition) is 4. The summed E-state index contributed by atoms with van der Waals surface area (Å²) in [4.78, 5) is 0.00800. The van der Waals surface area contributed by atoms with Gasteiger partial charge in [-0.05, 0) is 30.3 Å². The maximum absolute atomic E-state index is 12.8. The fraction of sp³-hybridized carbons (Fsp3) is 0.143. The molecule has 1 N–H and O–H groups in total. The third-order valence-electron chi connectivity index (χ3n) is 3.05. The lowest BCUT2D eigenvalue weighted by molar-refractivity contribution is 0.173. The molecule has 0 radical (unpaired) electrons. The molecule has 1 aliphatic heterocycles. The van der Waals surface area contributed by atoms with Crippen LogP contribution in [0.5, 0.6) is 11.5 Å². The summed E-state index contributed by atoms with van der Waals surface area (Å²) in [7, 11) is -3.71. The first-order valence-electron chi connectivity index (χ1n) is 6.19. The Labute approximate surface area is 121 Å². The maximum Gasteiger partial charge on any atom is 0.240 e. The molecule has 0 saturated carbocycles. The molecule has 0 atom stereocenters. The second kappa shape index (κ2) is 5.34. The summed E-state index contributed by atoms with van der Waals surface area (Å²) < 4.78 is 50.0. The van der Waals surface area contributed by atoms with Gasteiger partial charge in [-0.3, -0.25) is 0 Å². The molecule has 7 heteroatoms. The van der Waals surface area contributed by atoms with Crippen molar-refractivity contribution >= 4 is 10.0 Å². The van der Waals surface area contributed by atoms with Gasteiger partial charge < -0.3 is 9.47 Å². The molecular weight excluding hydrogens is 297 g/mol. The number of para-hydroxylation sites is 1. The quantitative estimate of drug-likeness (QED) is 0.938. The van der Waals surface area contributed by atoms with Gasteiger partial charge in [0.25, 0.3) is 0 Å². The Hall–Kier alpha value is -2.12. The van der Waals surface area contributed by atoms with E-state index < -0.39 is 15.8 Å². The summed E-state index contributed by atoms with van der Waals surface area (Å²) >= 11 is 0. The van der Waals surface area contributed by atoms with Crippen LogP contribution in [-0.4, -0.2) is 15.2 Å². The van der Waals surface area contributed by atoms with Crippen molar-refractivity contribution in [2.75, 3.05) is 6.79 Å². The largest absolute Gasteiger partial charge is 0.454 e. The van der Waals surface area contributed by atoms with E-state index in [4.69, 9.17) is 9.47 Å². The number of rotatable bonds is 4. The molecule has 0 unspecified atom stereocenters. The second-order valence-electron chi connectivity index (χ2n) is 4.43. The average Bonchev–Trinajstić information content (AvgIpc) is 2.94. The summed E-state index contributed by atoms with van der Waals surface area (Å²) in [6.07, 6.45) is 0. The minimum Gasteiger partial charge on any atom is -0.454 e. The lowest BCUT2D eigenvalue weighted by Crippen LogP contribution is -2.23. The minimum atomic E-state index is -3.71. The molecule has 110 valence electrons. The first-order chi connectivity index (χ1) is 10.1. The SMILES string of the molecule is O=S(=O)(NCc1cccc2c1OCO2)c1ccc(F)cc1. The van der Waals surface area contributed by atoms with Crippen LogP contribution in [0.2, 0.25) is 0 Å². The van der Waals surface area contributed by atoms with E-state index in [9.17, 15) is 12.8 Å². The first-order valence-corrected chi connectivity index (χ1v) is 7.67. The number of halogens is 1. The Kier molecular flexibility index (Phi) is 3.52. The molecule has 21 heavy (non-hydrogen) atoms. The fourth-order valence-electron chi connectivity index (χ4n) is 2.00. The third-order valence-corrected chi connectivity index (χ3v) is 4.47. The van der Waals surface area contributed by atoms with E-state index in [1.807, 2.05) is 0 Å². The Morgan fingerprint density at radius 1 is 1.10 bits per heavy atom. The van der Waals surface area contributed by atoms with E-state index in [0.717, 1.165) is 12.1 Å². The van der Waals surface area contributed by atoms with E-state index in [0.29, 0.717) is 17.1 Å². The zero-order valence-corrected chi connectivity index (χ0v) is 11.7. The normalized spacial score (nSPS) is 13.4. The number of ether oxygens (including phenoxy) is 2. The van der Waals surface area contributed by atoms with Crippen LogP contribution in [-0.2, 0) is 16.6 Å². The molecule has 1 heterocycles. The third kappa shape index (κ3) is 2.84. The molecule has 0 amide bonds. The van der Waals surface area contributed by atoms with Crippen molar-refractivity contribution in [1.29, 1.82) is 0 Å². The molecule has 0 fully saturated rings. The lowest BCUT2D eigenvalue weighted by atomic mass is 10.2. The highest BCUT2D eigenvalue weighted by atomic mass is 32.2. The van der Waals surface area contributed by atoms with Crippen molar-refractivity contribution < 1.29 is 22.3 Å². The van der Waals surface area contributed by atoms with Crippen LogP contribution in [0.3, 0.4) is 0 Å². The standard InChI is InChI=1S/C14H12FNO4S/c15-11-4-6-12(7-5-11)21(17,18)16-8-10-2-1-3-13-14(10)20-9-19-13/h1-7,16H,8-9H2. The summed E-state index contributed by atoms with van der Waals surface area (Å²) in [6.45, 7) is 0.184.